The fourth-order valence-corrected chi connectivity index (χ4v) is 2.32. The molecule has 0 amide bonds. The van der Waals surface area contributed by atoms with Crippen molar-refractivity contribution >= 4 is 0 Å². The van der Waals surface area contributed by atoms with Crippen LogP contribution in [-0.2, 0) is 6.42 Å². The second-order valence-electron chi connectivity index (χ2n) is 5.06. The first-order chi connectivity index (χ1) is 9.45. The molecule has 0 aliphatic heterocycles. The van der Waals surface area contributed by atoms with Crippen molar-refractivity contribution in [2.75, 3.05) is 0 Å². The van der Waals surface area contributed by atoms with Crippen LogP contribution in [-0.4, -0.2) is 31.6 Å². The Bertz CT molecular complexity index is 547. The zero-order valence-electron chi connectivity index (χ0n) is 10.9. The maximum Gasteiger partial charge on any atom is 0.152 e. The third kappa shape index (κ3) is 3.45. The molecule has 1 aromatic rings. The molecule has 0 saturated carbocycles. The molecular weight excluding hydrogens is 260 g/mol. The van der Waals surface area contributed by atoms with E-state index < -0.39 is 6.10 Å². The van der Waals surface area contributed by atoms with Crippen molar-refractivity contribution in [2.45, 2.75) is 25.4 Å². The summed E-state index contributed by atoms with van der Waals surface area (Å²) in [5.74, 6) is -0.339. The standard InChI is InChI=1S/C15H18O5/c16-11-3-2-10(14(19)8-11)7-12(17)5-9-1-4-13(18)15(20)6-9/h1-4,8-9,12,16-20H,5-7H2. The third-order valence-corrected chi connectivity index (χ3v) is 3.38. The first-order valence-corrected chi connectivity index (χ1v) is 6.44. The minimum Gasteiger partial charge on any atom is -0.508 e. The molecule has 20 heavy (non-hydrogen) atoms. The normalized spacial score (nSPS) is 20.1. The molecule has 5 nitrogen and oxygen atoms in total. The quantitative estimate of drug-likeness (QED) is 0.581. The minimum atomic E-state index is -0.687. The molecule has 0 heterocycles. The van der Waals surface area contributed by atoms with Crippen LogP contribution in [0.15, 0.2) is 41.9 Å². The van der Waals surface area contributed by atoms with Crippen LogP contribution in [0.25, 0.3) is 0 Å². The summed E-state index contributed by atoms with van der Waals surface area (Å²) in [4.78, 5) is 0. The SMILES string of the molecule is OC1=C(O)CC(CC(O)Cc2ccc(O)cc2O)C=C1. The van der Waals surface area contributed by atoms with Crippen LogP contribution in [0.1, 0.15) is 18.4 Å². The molecule has 0 fully saturated rings. The molecule has 5 heteroatoms. The van der Waals surface area contributed by atoms with Gasteiger partial charge >= 0.3 is 0 Å². The molecule has 2 atom stereocenters. The highest BCUT2D eigenvalue weighted by atomic mass is 16.3. The lowest BCUT2D eigenvalue weighted by atomic mass is 9.90. The van der Waals surface area contributed by atoms with E-state index in [0.717, 1.165) is 0 Å². The monoisotopic (exact) mass is 278 g/mol. The first-order valence-electron chi connectivity index (χ1n) is 6.44. The molecule has 108 valence electrons. The zero-order chi connectivity index (χ0) is 14.7. The summed E-state index contributed by atoms with van der Waals surface area (Å²) in [6.07, 6.45) is 3.44. The number of hydrogen-bond donors (Lipinski definition) is 5. The Kier molecular flexibility index (Phi) is 4.20. The Balaban J connectivity index is 1.93. The molecule has 0 saturated heterocycles. The van der Waals surface area contributed by atoms with E-state index in [1.54, 1.807) is 12.1 Å². The number of aliphatic hydroxyl groups is 3. The van der Waals surface area contributed by atoms with E-state index >= 15 is 0 Å². The van der Waals surface area contributed by atoms with E-state index in [2.05, 4.69) is 0 Å². The van der Waals surface area contributed by atoms with Crippen LogP contribution < -0.4 is 0 Å². The lowest BCUT2D eigenvalue weighted by molar-refractivity contribution is 0.145. The number of hydrogen-bond acceptors (Lipinski definition) is 5. The molecule has 1 aromatic carbocycles. The van der Waals surface area contributed by atoms with Gasteiger partial charge in [-0.25, -0.2) is 0 Å². The average molecular weight is 278 g/mol. The zero-order valence-corrected chi connectivity index (χ0v) is 10.9. The Hall–Kier alpha value is -2.14. The van der Waals surface area contributed by atoms with E-state index in [9.17, 15) is 25.5 Å². The van der Waals surface area contributed by atoms with E-state index in [0.29, 0.717) is 18.4 Å². The molecule has 5 N–H and O–H groups in total. The van der Waals surface area contributed by atoms with Crippen LogP contribution in [0.4, 0.5) is 0 Å². The summed E-state index contributed by atoms with van der Waals surface area (Å²) in [5.41, 5.74) is 0.553. The predicted octanol–water partition coefficient (Wildman–Crippen LogP) is 2.29. The molecule has 2 unspecified atom stereocenters. The maximum absolute atomic E-state index is 10.0. The van der Waals surface area contributed by atoms with E-state index in [1.807, 2.05) is 0 Å². The number of aliphatic hydroxyl groups excluding tert-OH is 3. The van der Waals surface area contributed by atoms with Gasteiger partial charge in [0.25, 0.3) is 0 Å². The van der Waals surface area contributed by atoms with Gasteiger partial charge in [0.15, 0.2) is 5.76 Å². The van der Waals surface area contributed by atoms with Crippen molar-refractivity contribution in [3.63, 3.8) is 0 Å². The summed E-state index contributed by atoms with van der Waals surface area (Å²) in [7, 11) is 0. The van der Waals surface area contributed by atoms with Crippen LogP contribution in [0, 0.1) is 5.92 Å². The van der Waals surface area contributed by atoms with Crippen molar-refractivity contribution in [1.29, 1.82) is 0 Å². The fraction of sp³-hybridized carbons (Fsp3) is 0.333. The Labute approximate surface area is 116 Å². The molecule has 0 aromatic heterocycles. The summed E-state index contributed by atoms with van der Waals surface area (Å²) in [6.45, 7) is 0. The Morgan fingerprint density at radius 2 is 1.90 bits per heavy atom. The minimum absolute atomic E-state index is 0.0264. The van der Waals surface area contributed by atoms with Crippen LogP contribution in [0.3, 0.4) is 0 Å². The lowest BCUT2D eigenvalue weighted by Gasteiger charge is -2.20. The van der Waals surface area contributed by atoms with E-state index in [4.69, 9.17) is 0 Å². The highest BCUT2D eigenvalue weighted by Crippen LogP contribution is 2.28. The summed E-state index contributed by atoms with van der Waals surface area (Å²) < 4.78 is 0. The van der Waals surface area contributed by atoms with Crippen molar-refractivity contribution in [2.24, 2.45) is 5.92 Å². The Morgan fingerprint density at radius 3 is 2.55 bits per heavy atom. The van der Waals surface area contributed by atoms with Gasteiger partial charge in [-0.15, -0.1) is 0 Å². The van der Waals surface area contributed by atoms with Crippen molar-refractivity contribution in [3.05, 3.63) is 47.4 Å². The van der Waals surface area contributed by atoms with Gasteiger partial charge in [-0.2, -0.15) is 0 Å². The Morgan fingerprint density at radius 1 is 1.15 bits per heavy atom. The summed E-state index contributed by atoms with van der Waals surface area (Å²) >= 11 is 0. The van der Waals surface area contributed by atoms with Gasteiger partial charge in [-0.3, -0.25) is 0 Å². The van der Waals surface area contributed by atoms with Crippen molar-refractivity contribution in [1.82, 2.24) is 0 Å². The molecule has 0 bridgehead atoms. The lowest BCUT2D eigenvalue weighted by Crippen LogP contribution is -2.17. The largest absolute Gasteiger partial charge is 0.508 e. The van der Waals surface area contributed by atoms with Crippen LogP contribution in [0.5, 0.6) is 11.5 Å². The molecule has 1 aliphatic carbocycles. The second-order valence-corrected chi connectivity index (χ2v) is 5.06. The van der Waals surface area contributed by atoms with Gasteiger partial charge in [-0.1, -0.05) is 12.1 Å². The van der Waals surface area contributed by atoms with E-state index in [1.165, 1.54) is 18.2 Å². The van der Waals surface area contributed by atoms with Crippen LogP contribution in [0.2, 0.25) is 0 Å². The summed E-state index contributed by atoms with van der Waals surface area (Å²) in [5, 5.41) is 47.6. The smallest absolute Gasteiger partial charge is 0.152 e. The van der Waals surface area contributed by atoms with E-state index in [-0.39, 0.29) is 35.4 Å². The van der Waals surface area contributed by atoms with Gasteiger partial charge in [0, 0.05) is 18.9 Å². The maximum atomic E-state index is 10.0. The molecule has 0 spiro atoms. The highest BCUT2D eigenvalue weighted by Gasteiger charge is 2.19. The van der Waals surface area contributed by atoms with Gasteiger partial charge in [-0.05, 0) is 30.0 Å². The highest BCUT2D eigenvalue weighted by molar-refractivity contribution is 5.39. The summed E-state index contributed by atoms with van der Waals surface area (Å²) in [6, 6.07) is 4.25. The number of aromatic hydroxyl groups is 2. The van der Waals surface area contributed by atoms with Gasteiger partial charge in [0.05, 0.1) is 6.10 Å². The molecular formula is C15H18O5. The number of allylic oxidation sites excluding steroid dienone is 3. The van der Waals surface area contributed by atoms with Crippen molar-refractivity contribution < 1.29 is 25.5 Å². The number of phenolic OH excluding ortho intramolecular Hbond substituents is 2. The third-order valence-electron chi connectivity index (χ3n) is 3.38. The molecule has 0 radical (unpaired) electrons. The molecule has 2 rings (SSSR count). The van der Waals surface area contributed by atoms with Gasteiger partial charge in [0.1, 0.15) is 17.3 Å². The average Bonchev–Trinajstić information content (AvgIpc) is 2.37. The molecule has 1 aliphatic rings. The van der Waals surface area contributed by atoms with Gasteiger partial charge in [0.2, 0.25) is 0 Å². The first kappa shape index (κ1) is 14.3. The second kappa shape index (κ2) is 5.88. The van der Waals surface area contributed by atoms with Gasteiger partial charge < -0.3 is 25.5 Å². The number of phenols is 2. The van der Waals surface area contributed by atoms with Crippen LogP contribution >= 0.6 is 0 Å². The number of benzene rings is 1. The topological polar surface area (TPSA) is 101 Å². The number of rotatable bonds is 4. The van der Waals surface area contributed by atoms with Crippen molar-refractivity contribution in [3.8, 4) is 11.5 Å². The fourth-order valence-electron chi connectivity index (χ4n) is 2.32. The predicted molar refractivity (Wildman–Crippen MR) is 73.6 cm³/mol.